The summed E-state index contributed by atoms with van der Waals surface area (Å²) in [6, 6.07) is 15.8. The van der Waals surface area contributed by atoms with Gasteiger partial charge < -0.3 is 14.6 Å². The van der Waals surface area contributed by atoms with Crippen LogP contribution >= 0.6 is 11.8 Å². The largest absolute Gasteiger partial charge is 0.497 e. The average Bonchev–Trinajstić information content (AvgIpc) is 3.07. The van der Waals surface area contributed by atoms with E-state index in [1.54, 1.807) is 7.11 Å². The first-order valence-electron chi connectivity index (χ1n) is 8.78. The zero-order valence-electron chi connectivity index (χ0n) is 15.7. The number of carbonyl (C=O) groups is 1. The normalized spacial score (nSPS) is 10.6. The minimum Gasteiger partial charge on any atom is -0.497 e. The van der Waals surface area contributed by atoms with Gasteiger partial charge in [0.05, 0.1) is 24.8 Å². The number of aryl methyl sites for hydroxylation is 1. The van der Waals surface area contributed by atoms with Crippen molar-refractivity contribution in [2.75, 3.05) is 18.2 Å². The van der Waals surface area contributed by atoms with Gasteiger partial charge in [0.1, 0.15) is 5.75 Å². The summed E-state index contributed by atoms with van der Waals surface area (Å²) in [5.41, 5.74) is 4.12. The maximum absolute atomic E-state index is 12.2. The number of anilines is 1. The van der Waals surface area contributed by atoms with E-state index in [9.17, 15) is 4.79 Å². The number of rotatable bonds is 7. The molecule has 0 fully saturated rings. The molecule has 1 aromatic heterocycles. The fraction of sp³-hybridized carbons (Fsp3) is 0.238. The Hall–Kier alpha value is -2.73. The van der Waals surface area contributed by atoms with Crippen LogP contribution in [0.3, 0.4) is 0 Å². The van der Waals surface area contributed by atoms with Crippen LogP contribution in [-0.2, 0) is 18.3 Å². The van der Waals surface area contributed by atoms with E-state index in [0.717, 1.165) is 34.3 Å². The van der Waals surface area contributed by atoms with E-state index in [0.29, 0.717) is 5.75 Å². The van der Waals surface area contributed by atoms with Crippen LogP contribution in [0.4, 0.5) is 5.69 Å². The number of nitrogens with one attached hydrogen (secondary N) is 1. The lowest BCUT2D eigenvalue weighted by molar-refractivity contribution is -0.113. The quantitative estimate of drug-likeness (QED) is 0.617. The van der Waals surface area contributed by atoms with E-state index in [4.69, 9.17) is 4.74 Å². The van der Waals surface area contributed by atoms with Gasteiger partial charge in [0, 0.05) is 18.3 Å². The summed E-state index contributed by atoms with van der Waals surface area (Å²) in [4.78, 5) is 16.7. The second kappa shape index (κ2) is 8.77. The summed E-state index contributed by atoms with van der Waals surface area (Å²) in [6.07, 6.45) is 2.81. The highest BCUT2D eigenvalue weighted by atomic mass is 32.2. The second-order valence-corrected chi connectivity index (χ2v) is 7.04. The molecule has 140 valence electrons. The standard InChI is InChI=1S/C21H23N3O2S/c1-4-15-5-9-17(10-6-15)23-20(25)14-27-21-22-13-19(24(21)2)16-7-11-18(26-3)12-8-16/h5-13H,4,14H2,1-3H3,(H,23,25). The van der Waals surface area contributed by atoms with Crippen molar-refractivity contribution in [3.05, 3.63) is 60.3 Å². The number of hydrogen-bond acceptors (Lipinski definition) is 4. The molecule has 0 saturated heterocycles. The molecular formula is C21H23N3O2S. The molecule has 3 aromatic rings. The first-order chi connectivity index (χ1) is 13.1. The van der Waals surface area contributed by atoms with Crippen LogP contribution in [-0.4, -0.2) is 28.3 Å². The van der Waals surface area contributed by atoms with Crippen LogP contribution in [0.1, 0.15) is 12.5 Å². The predicted octanol–water partition coefficient (Wildman–Crippen LogP) is 4.39. The number of imidazole rings is 1. The fourth-order valence-electron chi connectivity index (χ4n) is 2.71. The van der Waals surface area contributed by atoms with E-state index in [1.807, 2.05) is 66.3 Å². The lowest BCUT2D eigenvalue weighted by Crippen LogP contribution is -2.14. The summed E-state index contributed by atoms with van der Waals surface area (Å²) in [5.74, 6) is 1.08. The first kappa shape index (κ1) is 19.0. The lowest BCUT2D eigenvalue weighted by atomic mass is 10.1. The molecule has 0 radical (unpaired) electrons. The number of nitrogens with zero attached hydrogens (tertiary/aromatic N) is 2. The van der Waals surface area contributed by atoms with Gasteiger partial charge in [0.2, 0.25) is 5.91 Å². The molecule has 27 heavy (non-hydrogen) atoms. The molecule has 3 rings (SSSR count). The fourth-order valence-corrected chi connectivity index (χ4v) is 3.46. The van der Waals surface area contributed by atoms with Crippen LogP contribution in [0.5, 0.6) is 5.75 Å². The minimum absolute atomic E-state index is 0.0433. The summed E-state index contributed by atoms with van der Waals surface area (Å²) < 4.78 is 7.19. The molecule has 6 heteroatoms. The van der Waals surface area contributed by atoms with Crippen LogP contribution in [0, 0.1) is 0 Å². The summed E-state index contributed by atoms with van der Waals surface area (Å²) in [6.45, 7) is 2.11. The molecule has 2 aromatic carbocycles. The van der Waals surface area contributed by atoms with Gasteiger partial charge in [-0.1, -0.05) is 30.8 Å². The Morgan fingerprint density at radius 1 is 1.15 bits per heavy atom. The molecule has 0 unspecified atom stereocenters. The zero-order valence-corrected chi connectivity index (χ0v) is 16.5. The topological polar surface area (TPSA) is 56.1 Å². The molecule has 1 heterocycles. The van der Waals surface area contributed by atoms with Crippen LogP contribution in [0.25, 0.3) is 11.3 Å². The first-order valence-corrected chi connectivity index (χ1v) is 9.77. The Bertz CT molecular complexity index is 902. The highest BCUT2D eigenvalue weighted by Gasteiger charge is 2.11. The number of aromatic nitrogens is 2. The van der Waals surface area contributed by atoms with Gasteiger partial charge in [-0.3, -0.25) is 4.79 Å². The van der Waals surface area contributed by atoms with Gasteiger partial charge in [-0.15, -0.1) is 0 Å². The number of ether oxygens (including phenoxy) is 1. The van der Waals surface area contributed by atoms with Crippen molar-refractivity contribution >= 4 is 23.4 Å². The monoisotopic (exact) mass is 381 g/mol. The molecule has 0 aliphatic rings. The maximum atomic E-state index is 12.2. The zero-order chi connectivity index (χ0) is 19.2. The van der Waals surface area contributed by atoms with Crippen molar-refractivity contribution in [1.82, 2.24) is 9.55 Å². The Morgan fingerprint density at radius 2 is 1.85 bits per heavy atom. The van der Waals surface area contributed by atoms with Gasteiger partial charge >= 0.3 is 0 Å². The molecule has 1 amide bonds. The van der Waals surface area contributed by atoms with Crippen LogP contribution in [0.2, 0.25) is 0 Å². The Labute approximate surface area is 163 Å². The Morgan fingerprint density at radius 3 is 2.48 bits per heavy atom. The Kier molecular flexibility index (Phi) is 6.19. The molecule has 0 saturated carbocycles. The van der Waals surface area contributed by atoms with Crippen LogP contribution in [0.15, 0.2) is 59.9 Å². The van der Waals surface area contributed by atoms with E-state index in [-0.39, 0.29) is 5.91 Å². The third-order valence-electron chi connectivity index (χ3n) is 4.31. The number of carbonyl (C=O) groups excluding carboxylic acids is 1. The highest BCUT2D eigenvalue weighted by Crippen LogP contribution is 2.26. The van der Waals surface area contributed by atoms with E-state index >= 15 is 0 Å². The predicted molar refractivity (Wildman–Crippen MR) is 110 cm³/mol. The maximum Gasteiger partial charge on any atom is 0.234 e. The van der Waals surface area contributed by atoms with Gasteiger partial charge in [-0.05, 0) is 48.4 Å². The van der Waals surface area contributed by atoms with Crippen LogP contribution < -0.4 is 10.1 Å². The second-order valence-electron chi connectivity index (χ2n) is 6.10. The third kappa shape index (κ3) is 4.71. The highest BCUT2D eigenvalue weighted by molar-refractivity contribution is 7.99. The van der Waals surface area contributed by atoms with Gasteiger partial charge in [-0.25, -0.2) is 4.98 Å². The molecule has 0 bridgehead atoms. The van der Waals surface area contributed by atoms with E-state index in [2.05, 4.69) is 17.2 Å². The van der Waals surface area contributed by atoms with E-state index in [1.165, 1.54) is 17.3 Å². The summed E-state index contributed by atoms with van der Waals surface area (Å²) >= 11 is 1.42. The van der Waals surface area contributed by atoms with Crippen molar-refractivity contribution in [3.8, 4) is 17.0 Å². The van der Waals surface area contributed by atoms with Crippen molar-refractivity contribution < 1.29 is 9.53 Å². The molecule has 1 N–H and O–H groups in total. The molecule has 0 spiro atoms. The number of benzene rings is 2. The molecular weight excluding hydrogens is 358 g/mol. The van der Waals surface area contributed by atoms with Gasteiger partial charge in [-0.2, -0.15) is 0 Å². The number of methoxy groups -OCH3 is 1. The Balaban J connectivity index is 1.60. The van der Waals surface area contributed by atoms with E-state index < -0.39 is 0 Å². The van der Waals surface area contributed by atoms with Crippen molar-refractivity contribution in [3.63, 3.8) is 0 Å². The summed E-state index contributed by atoms with van der Waals surface area (Å²) in [5, 5.41) is 3.73. The number of hydrogen-bond donors (Lipinski definition) is 1. The average molecular weight is 382 g/mol. The molecule has 5 nitrogen and oxygen atoms in total. The SMILES string of the molecule is CCc1ccc(NC(=O)CSc2ncc(-c3ccc(OC)cc3)n2C)cc1. The molecule has 0 aliphatic carbocycles. The smallest absolute Gasteiger partial charge is 0.234 e. The minimum atomic E-state index is -0.0433. The molecule has 0 atom stereocenters. The number of amides is 1. The van der Waals surface area contributed by atoms with Gasteiger partial charge in [0.25, 0.3) is 0 Å². The molecule has 0 aliphatic heterocycles. The van der Waals surface area contributed by atoms with Gasteiger partial charge in [0.15, 0.2) is 5.16 Å². The van der Waals surface area contributed by atoms with Crippen molar-refractivity contribution in [2.45, 2.75) is 18.5 Å². The van der Waals surface area contributed by atoms with Crippen molar-refractivity contribution in [2.24, 2.45) is 7.05 Å². The van der Waals surface area contributed by atoms with Crippen molar-refractivity contribution in [1.29, 1.82) is 0 Å². The summed E-state index contributed by atoms with van der Waals surface area (Å²) in [7, 11) is 3.60. The lowest BCUT2D eigenvalue weighted by Gasteiger charge is -2.08. The third-order valence-corrected chi connectivity index (χ3v) is 5.35. The number of thioether (sulfide) groups is 1.